The lowest BCUT2D eigenvalue weighted by atomic mass is 9.90. The first-order chi connectivity index (χ1) is 10.2. The van der Waals surface area contributed by atoms with Gasteiger partial charge in [0.15, 0.2) is 0 Å². The number of hydrogen-bond acceptors (Lipinski definition) is 3. The van der Waals surface area contributed by atoms with Gasteiger partial charge in [-0.1, -0.05) is 30.3 Å². The lowest BCUT2D eigenvalue weighted by Gasteiger charge is -2.33. The van der Waals surface area contributed by atoms with Crippen LogP contribution in [0.3, 0.4) is 0 Å². The van der Waals surface area contributed by atoms with Crippen molar-refractivity contribution in [3.8, 4) is 0 Å². The monoisotopic (exact) mass is 288 g/mol. The van der Waals surface area contributed by atoms with Gasteiger partial charge in [-0.3, -0.25) is 4.79 Å². The van der Waals surface area contributed by atoms with Crippen LogP contribution in [0.5, 0.6) is 0 Å². The average Bonchev–Trinajstić information content (AvgIpc) is 2.95. The normalized spacial score (nSPS) is 27.0. The molecule has 0 bridgehead atoms. The fourth-order valence-corrected chi connectivity index (χ4v) is 3.43. The summed E-state index contributed by atoms with van der Waals surface area (Å²) in [6.45, 7) is 2.25. The van der Waals surface area contributed by atoms with Crippen molar-refractivity contribution in [1.82, 2.24) is 10.2 Å². The van der Waals surface area contributed by atoms with Crippen LogP contribution in [-0.4, -0.2) is 47.7 Å². The molecule has 0 aromatic heterocycles. The number of rotatable bonds is 3. The van der Waals surface area contributed by atoms with Gasteiger partial charge in [-0.05, 0) is 37.2 Å². The standard InChI is InChI=1S/C17H24N2O2/c20-15-11-16(18-12-15)17(21)19-8-6-14(7-9-19)10-13-4-2-1-3-5-13/h1-5,14-16,18,20H,6-12H2/t15-,16+/m0/s1. The van der Waals surface area contributed by atoms with E-state index < -0.39 is 0 Å². The fourth-order valence-electron chi connectivity index (χ4n) is 3.43. The molecule has 114 valence electrons. The number of hydrogen-bond donors (Lipinski definition) is 2. The Kier molecular flexibility index (Phi) is 4.56. The number of nitrogens with zero attached hydrogens (tertiary/aromatic N) is 1. The summed E-state index contributed by atoms with van der Waals surface area (Å²) in [5.41, 5.74) is 1.39. The van der Waals surface area contributed by atoms with Crippen molar-refractivity contribution >= 4 is 5.91 Å². The molecule has 3 rings (SSSR count). The van der Waals surface area contributed by atoms with E-state index in [0.717, 1.165) is 32.4 Å². The Bertz CT molecular complexity index is 469. The molecule has 0 saturated carbocycles. The van der Waals surface area contributed by atoms with Gasteiger partial charge >= 0.3 is 0 Å². The molecule has 2 aliphatic rings. The molecule has 2 fully saturated rings. The molecule has 2 saturated heterocycles. The van der Waals surface area contributed by atoms with Crippen molar-refractivity contribution in [2.24, 2.45) is 5.92 Å². The summed E-state index contributed by atoms with van der Waals surface area (Å²) >= 11 is 0. The third-order valence-corrected chi connectivity index (χ3v) is 4.70. The van der Waals surface area contributed by atoms with E-state index in [1.165, 1.54) is 5.56 Å². The van der Waals surface area contributed by atoms with E-state index in [4.69, 9.17) is 0 Å². The second-order valence-corrected chi connectivity index (χ2v) is 6.31. The molecule has 4 heteroatoms. The van der Waals surface area contributed by atoms with Crippen LogP contribution < -0.4 is 5.32 Å². The number of amides is 1. The van der Waals surface area contributed by atoms with Crippen LogP contribution in [0.15, 0.2) is 30.3 Å². The zero-order chi connectivity index (χ0) is 14.7. The van der Waals surface area contributed by atoms with E-state index in [1.807, 2.05) is 11.0 Å². The molecule has 0 radical (unpaired) electrons. The number of likely N-dealkylation sites (tertiary alicyclic amines) is 1. The Labute approximate surface area is 126 Å². The molecular formula is C17H24N2O2. The smallest absolute Gasteiger partial charge is 0.239 e. The third-order valence-electron chi connectivity index (χ3n) is 4.70. The largest absolute Gasteiger partial charge is 0.392 e. The molecule has 1 aromatic rings. The van der Waals surface area contributed by atoms with E-state index in [-0.39, 0.29) is 18.1 Å². The Morgan fingerprint density at radius 1 is 1.24 bits per heavy atom. The number of aliphatic hydroxyl groups is 1. The highest BCUT2D eigenvalue weighted by Crippen LogP contribution is 2.23. The molecule has 0 unspecified atom stereocenters. The Balaban J connectivity index is 1.47. The zero-order valence-corrected chi connectivity index (χ0v) is 12.4. The van der Waals surface area contributed by atoms with Crippen LogP contribution in [-0.2, 0) is 11.2 Å². The van der Waals surface area contributed by atoms with Crippen LogP contribution in [0.2, 0.25) is 0 Å². The maximum atomic E-state index is 12.4. The summed E-state index contributed by atoms with van der Waals surface area (Å²) in [6, 6.07) is 10.4. The minimum atomic E-state index is -0.366. The van der Waals surface area contributed by atoms with Gasteiger partial charge in [0.2, 0.25) is 5.91 Å². The summed E-state index contributed by atoms with van der Waals surface area (Å²) in [5.74, 6) is 0.850. The van der Waals surface area contributed by atoms with Crippen LogP contribution in [0, 0.1) is 5.92 Å². The van der Waals surface area contributed by atoms with E-state index >= 15 is 0 Å². The van der Waals surface area contributed by atoms with Gasteiger partial charge in [0.25, 0.3) is 0 Å². The summed E-state index contributed by atoms with van der Waals surface area (Å²) in [5, 5.41) is 12.6. The zero-order valence-electron chi connectivity index (χ0n) is 12.4. The van der Waals surface area contributed by atoms with Gasteiger partial charge in [0, 0.05) is 19.6 Å². The molecule has 1 aromatic carbocycles. The molecule has 1 amide bonds. The first kappa shape index (κ1) is 14.5. The van der Waals surface area contributed by atoms with Crippen LogP contribution in [0.4, 0.5) is 0 Å². The lowest BCUT2D eigenvalue weighted by molar-refractivity contribution is -0.134. The molecule has 2 N–H and O–H groups in total. The number of nitrogens with one attached hydrogen (secondary N) is 1. The van der Waals surface area contributed by atoms with Crippen molar-refractivity contribution in [3.05, 3.63) is 35.9 Å². The minimum absolute atomic E-state index is 0.171. The number of carbonyl (C=O) groups is 1. The van der Waals surface area contributed by atoms with Crippen molar-refractivity contribution in [2.45, 2.75) is 37.8 Å². The van der Waals surface area contributed by atoms with Gasteiger partial charge in [-0.2, -0.15) is 0 Å². The summed E-state index contributed by atoms with van der Waals surface area (Å²) < 4.78 is 0. The maximum Gasteiger partial charge on any atom is 0.239 e. The fraction of sp³-hybridized carbons (Fsp3) is 0.588. The molecule has 0 aliphatic carbocycles. The van der Waals surface area contributed by atoms with E-state index in [1.54, 1.807) is 0 Å². The molecule has 4 nitrogen and oxygen atoms in total. The third kappa shape index (κ3) is 3.63. The predicted molar refractivity (Wildman–Crippen MR) is 81.9 cm³/mol. The lowest BCUT2D eigenvalue weighted by Crippen LogP contribution is -2.47. The SMILES string of the molecule is O=C([C@H]1C[C@H](O)CN1)N1CCC(Cc2ccccc2)CC1. The number of benzene rings is 1. The number of piperidine rings is 1. The topological polar surface area (TPSA) is 52.6 Å². The second-order valence-electron chi connectivity index (χ2n) is 6.31. The van der Waals surface area contributed by atoms with Gasteiger partial charge in [0.05, 0.1) is 12.1 Å². The van der Waals surface area contributed by atoms with Crippen molar-refractivity contribution in [3.63, 3.8) is 0 Å². The Morgan fingerprint density at radius 2 is 1.95 bits per heavy atom. The van der Waals surface area contributed by atoms with Gasteiger partial charge < -0.3 is 15.3 Å². The summed E-state index contributed by atoms with van der Waals surface area (Å²) in [7, 11) is 0. The van der Waals surface area contributed by atoms with Crippen molar-refractivity contribution in [2.75, 3.05) is 19.6 Å². The number of β-amino-alcohol motifs (C(OH)–C–C–N with tert-alkyl or cyclic N) is 1. The van der Waals surface area contributed by atoms with Gasteiger partial charge in [0.1, 0.15) is 0 Å². The molecular weight excluding hydrogens is 264 g/mol. The second kappa shape index (κ2) is 6.58. The van der Waals surface area contributed by atoms with E-state index in [0.29, 0.717) is 18.9 Å². The first-order valence-electron chi connectivity index (χ1n) is 7.96. The van der Waals surface area contributed by atoms with E-state index in [2.05, 4.69) is 29.6 Å². The van der Waals surface area contributed by atoms with Crippen LogP contribution in [0.1, 0.15) is 24.8 Å². The average molecular weight is 288 g/mol. The molecule has 2 atom stereocenters. The summed E-state index contributed by atoms with van der Waals surface area (Å²) in [6.07, 6.45) is 3.47. The molecule has 21 heavy (non-hydrogen) atoms. The number of carbonyl (C=O) groups excluding carboxylic acids is 1. The van der Waals surface area contributed by atoms with Crippen LogP contribution >= 0.6 is 0 Å². The van der Waals surface area contributed by atoms with Crippen molar-refractivity contribution in [1.29, 1.82) is 0 Å². The molecule has 2 aliphatic heterocycles. The highest BCUT2D eigenvalue weighted by Gasteiger charge is 2.32. The van der Waals surface area contributed by atoms with Gasteiger partial charge in [-0.25, -0.2) is 0 Å². The highest BCUT2D eigenvalue weighted by molar-refractivity contribution is 5.82. The molecule has 2 heterocycles. The Morgan fingerprint density at radius 3 is 2.57 bits per heavy atom. The molecule has 0 spiro atoms. The minimum Gasteiger partial charge on any atom is -0.392 e. The van der Waals surface area contributed by atoms with E-state index in [9.17, 15) is 9.90 Å². The Hall–Kier alpha value is -1.39. The van der Waals surface area contributed by atoms with Gasteiger partial charge in [-0.15, -0.1) is 0 Å². The van der Waals surface area contributed by atoms with Crippen molar-refractivity contribution < 1.29 is 9.90 Å². The van der Waals surface area contributed by atoms with Crippen LogP contribution in [0.25, 0.3) is 0 Å². The number of aliphatic hydroxyl groups excluding tert-OH is 1. The first-order valence-corrected chi connectivity index (χ1v) is 7.96. The summed E-state index contributed by atoms with van der Waals surface area (Å²) in [4.78, 5) is 14.3. The quantitative estimate of drug-likeness (QED) is 0.878. The maximum absolute atomic E-state index is 12.4. The predicted octanol–water partition coefficient (Wildman–Crippen LogP) is 1.19. The highest BCUT2D eigenvalue weighted by atomic mass is 16.3.